The molecule has 0 saturated heterocycles. The minimum atomic E-state index is 0.368. The summed E-state index contributed by atoms with van der Waals surface area (Å²) in [4.78, 5) is 9.08. The number of halogens is 2. The van der Waals surface area contributed by atoms with Crippen LogP contribution in [0.25, 0.3) is 11.6 Å². The number of fused-ring (bicyclic) bond motifs is 1. The molecule has 6 heteroatoms. The van der Waals surface area contributed by atoms with Crippen molar-refractivity contribution in [2.45, 2.75) is 25.3 Å². The van der Waals surface area contributed by atoms with E-state index in [9.17, 15) is 0 Å². The van der Waals surface area contributed by atoms with E-state index in [1.807, 2.05) is 19.3 Å². The van der Waals surface area contributed by atoms with E-state index >= 15 is 0 Å². The van der Waals surface area contributed by atoms with Crippen molar-refractivity contribution in [3.05, 3.63) is 32.7 Å². The average molecular weight is 387 g/mol. The SMILES string of the molecule is CNC1CCCc2nc(-c3cc(Br)c(Br)o3)ncc21. The summed E-state index contributed by atoms with van der Waals surface area (Å²) in [5.41, 5.74) is 2.33. The smallest absolute Gasteiger partial charge is 0.195 e. The van der Waals surface area contributed by atoms with Gasteiger partial charge >= 0.3 is 0 Å². The molecule has 2 aromatic heterocycles. The van der Waals surface area contributed by atoms with Crippen molar-refractivity contribution < 1.29 is 4.42 Å². The van der Waals surface area contributed by atoms with Gasteiger partial charge in [-0.1, -0.05) is 0 Å². The van der Waals surface area contributed by atoms with Gasteiger partial charge in [0.05, 0.1) is 4.47 Å². The third-order valence-electron chi connectivity index (χ3n) is 3.40. The molecule has 1 N–H and O–H groups in total. The van der Waals surface area contributed by atoms with E-state index in [1.54, 1.807) is 0 Å². The van der Waals surface area contributed by atoms with E-state index in [2.05, 4.69) is 47.1 Å². The summed E-state index contributed by atoms with van der Waals surface area (Å²) in [7, 11) is 1.98. The van der Waals surface area contributed by atoms with E-state index in [0.29, 0.717) is 22.3 Å². The first-order valence-corrected chi connectivity index (χ1v) is 7.76. The van der Waals surface area contributed by atoms with Crippen LogP contribution in [0.15, 0.2) is 25.8 Å². The Labute approximate surface area is 128 Å². The van der Waals surface area contributed by atoms with Crippen molar-refractivity contribution in [3.8, 4) is 11.6 Å². The fourth-order valence-electron chi connectivity index (χ4n) is 2.42. The monoisotopic (exact) mass is 385 g/mol. The predicted octanol–water partition coefficient (Wildman–Crippen LogP) is 3.86. The lowest BCUT2D eigenvalue weighted by Crippen LogP contribution is -2.22. The van der Waals surface area contributed by atoms with Crippen LogP contribution in [0.2, 0.25) is 0 Å². The highest BCUT2D eigenvalue weighted by atomic mass is 79.9. The minimum absolute atomic E-state index is 0.368. The summed E-state index contributed by atoms with van der Waals surface area (Å²) < 4.78 is 7.11. The Morgan fingerprint density at radius 3 is 2.95 bits per heavy atom. The Bertz CT molecular complexity index is 592. The maximum absolute atomic E-state index is 5.57. The van der Waals surface area contributed by atoms with Crippen LogP contribution in [0, 0.1) is 0 Å². The molecule has 2 aromatic rings. The standard InChI is InChI=1S/C13H13Br2N3O/c1-16-9-3-2-4-10-7(9)6-17-13(18-10)11-5-8(14)12(15)19-11/h5-6,9,16H,2-4H2,1H3. The van der Waals surface area contributed by atoms with Crippen LogP contribution < -0.4 is 5.32 Å². The summed E-state index contributed by atoms with van der Waals surface area (Å²) in [6.45, 7) is 0. The number of rotatable bonds is 2. The highest BCUT2D eigenvalue weighted by molar-refractivity contribution is 9.13. The molecule has 3 rings (SSSR count). The quantitative estimate of drug-likeness (QED) is 0.851. The molecule has 2 heterocycles. The van der Waals surface area contributed by atoms with Gasteiger partial charge in [0.2, 0.25) is 0 Å². The van der Waals surface area contributed by atoms with Crippen LogP contribution in [0.5, 0.6) is 0 Å². The number of hydrogen-bond donors (Lipinski definition) is 1. The van der Waals surface area contributed by atoms with Crippen LogP contribution in [-0.4, -0.2) is 17.0 Å². The molecule has 1 unspecified atom stereocenters. The van der Waals surface area contributed by atoms with Gasteiger partial charge in [-0.05, 0) is 58.2 Å². The normalized spacial score (nSPS) is 18.4. The summed E-state index contributed by atoms with van der Waals surface area (Å²) in [6.07, 6.45) is 5.22. The molecule has 0 amide bonds. The lowest BCUT2D eigenvalue weighted by molar-refractivity contribution is 0.486. The van der Waals surface area contributed by atoms with Gasteiger partial charge in [-0.25, -0.2) is 9.97 Å². The molecule has 0 bridgehead atoms. The molecule has 0 aliphatic heterocycles. The molecule has 0 spiro atoms. The molecule has 0 fully saturated rings. The Hall–Kier alpha value is -0.720. The predicted molar refractivity (Wildman–Crippen MR) is 79.9 cm³/mol. The highest BCUT2D eigenvalue weighted by Crippen LogP contribution is 2.33. The van der Waals surface area contributed by atoms with Crippen molar-refractivity contribution in [1.29, 1.82) is 0 Å². The Balaban J connectivity index is 2.01. The third-order valence-corrected chi connectivity index (χ3v) is 5.11. The zero-order valence-electron chi connectivity index (χ0n) is 10.4. The van der Waals surface area contributed by atoms with Crippen molar-refractivity contribution in [2.75, 3.05) is 7.05 Å². The van der Waals surface area contributed by atoms with Gasteiger partial charge < -0.3 is 9.73 Å². The molecule has 0 saturated carbocycles. The first-order chi connectivity index (χ1) is 9.19. The molecule has 1 aliphatic carbocycles. The van der Waals surface area contributed by atoms with Crippen molar-refractivity contribution in [2.24, 2.45) is 0 Å². The molecule has 19 heavy (non-hydrogen) atoms. The number of aryl methyl sites for hydroxylation is 1. The van der Waals surface area contributed by atoms with E-state index in [-0.39, 0.29) is 0 Å². The van der Waals surface area contributed by atoms with E-state index in [0.717, 1.165) is 29.4 Å². The van der Waals surface area contributed by atoms with Crippen LogP contribution in [-0.2, 0) is 6.42 Å². The number of aromatic nitrogens is 2. The minimum Gasteiger partial charge on any atom is -0.445 e. The first-order valence-electron chi connectivity index (χ1n) is 6.17. The summed E-state index contributed by atoms with van der Waals surface area (Å²) in [5, 5.41) is 3.31. The van der Waals surface area contributed by atoms with Gasteiger partial charge in [0.25, 0.3) is 0 Å². The fourth-order valence-corrected chi connectivity index (χ4v) is 3.00. The Kier molecular flexibility index (Phi) is 3.73. The maximum Gasteiger partial charge on any atom is 0.195 e. The average Bonchev–Trinajstić information content (AvgIpc) is 2.77. The molecule has 1 aliphatic rings. The number of nitrogens with one attached hydrogen (secondary N) is 1. The Morgan fingerprint density at radius 1 is 1.42 bits per heavy atom. The summed E-state index contributed by atoms with van der Waals surface area (Å²) in [6, 6.07) is 2.25. The number of furan rings is 1. The van der Waals surface area contributed by atoms with Crippen LogP contribution in [0.3, 0.4) is 0 Å². The zero-order valence-corrected chi connectivity index (χ0v) is 13.6. The second-order valence-electron chi connectivity index (χ2n) is 4.56. The lowest BCUT2D eigenvalue weighted by atomic mass is 9.92. The Morgan fingerprint density at radius 2 is 2.26 bits per heavy atom. The molecule has 4 nitrogen and oxygen atoms in total. The largest absolute Gasteiger partial charge is 0.445 e. The maximum atomic E-state index is 5.57. The van der Waals surface area contributed by atoms with Crippen molar-refractivity contribution in [1.82, 2.24) is 15.3 Å². The van der Waals surface area contributed by atoms with E-state index in [1.165, 1.54) is 5.56 Å². The van der Waals surface area contributed by atoms with Crippen LogP contribution >= 0.6 is 31.9 Å². The first kappa shape index (κ1) is 13.3. The van der Waals surface area contributed by atoms with E-state index in [4.69, 9.17) is 4.42 Å². The van der Waals surface area contributed by atoms with Crippen molar-refractivity contribution in [3.63, 3.8) is 0 Å². The highest BCUT2D eigenvalue weighted by Gasteiger charge is 2.22. The van der Waals surface area contributed by atoms with Gasteiger partial charge in [-0.15, -0.1) is 0 Å². The van der Waals surface area contributed by atoms with Crippen LogP contribution in [0.4, 0.5) is 0 Å². The van der Waals surface area contributed by atoms with Gasteiger partial charge in [0, 0.05) is 29.6 Å². The third kappa shape index (κ3) is 2.49. The molecule has 1 atom stereocenters. The van der Waals surface area contributed by atoms with Gasteiger partial charge in [0.15, 0.2) is 16.3 Å². The van der Waals surface area contributed by atoms with Crippen LogP contribution in [0.1, 0.15) is 30.1 Å². The van der Waals surface area contributed by atoms with Crippen molar-refractivity contribution >= 4 is 31.9 Å². The summed E-state index contributed by atoms with van der Waals surface area (Å²) >= 11 is 6.73. The molecule has 0 aromatic carbocycles. The second-order valence-corrected chi connectivity index (χ2v) is 6.14. The topological polar surface area (TPSA) is 51.0 Å². The summed E-state index contributed by atoms with van der Waals surface area (Å²) in [5.74, 6) is 1.31. The van der Waals surface area contributed by atoms with Gasteiger partial charge in [-0.2, -0.15) is 0 Å². The molecular weight excluding hydrogens is 374 g/mol. The second kappa shape index (κ2) is 5.34. The molecule has 0 radical (unpaired) electrons. The molecule has 100 valence electrons. The fraction of sp³-hybridized carbons (Fsp3) is 0.385. The zero-order chi connectivity index (χ0) is 13.4. The van der Waals surface area contributed by atoms with Gasteiger partial charge in [-0.3, -0.25) is 0 Å². The van der Waals surface area contributed by atoms with Gasteiger partial charge in [0.1, 0.15) is 0 Å². The van der Waals surface area contributed by atoms with E-state index < -0.39 is 0 Å². The number of hydrogen-bond acceptors (Lipinski definition) is 4. The number of nitrogens with zero attached hydrogens (tertiary/aromatic N) is 2. The lowest BCUT2D eigenvalue weighted by Gasteiger charge is -2.23. The molecular formula is C13H13Br2N3O.